The Balaban J connectivity index is 1.36. The summed E-state index contributed by atoms with van der Waals surface area (Å²) in [5, 5.41) is 19.9. The highest BCUT2D eigenvalue weighted by molar-refractivity contribution is 5.84. The fourth-order valence-corrected chi connectivity index (χ4v) is 4.31. The van der Waals surface area contributed by atoms with Crippen LogP contribution in [-0.2, 0) is 4.79 Å². The number of aromatic amines is 1. The van der Waals surface area contributed by atoms with E-state index in [2.05, 4.69) is 68.3 Å². The first-order valence-corrected chi connectivity index (χ1v) is 10.4. The minimum Gasteiger partial charge on any atom is -0.353 e. The van der Waals surface area contributed by atoms with Crippen LogP contribution in [0, 0.1) is 0 Å². The van der Waals surface area contributed by atoms with E-state index in [0.717, 1.165) is 52.5 Å². The van der Waals surface area contributed by atoms with Crippen molar-refractivity contribution in [3.05, 3.63) is 54.9 Å². The van der Waals surface area contributed by atoms with Crippen molar-refractivity contribution in [1.29, 1.82) is 0 Å². The fraction of sp³-hybridized carbons (Fsp3) is 0.304. The van der Waals surface area contributed by atoms with Crippen molar-refractivity contribution < 1.29 is 4.79 Å². The third-order valence-electron chi connectivity index (χ3n) is 5.97. The normalized spacial score (nSPS) is 18.7. The number of benzene rings is 2. The Morgan fingerprint density at radius 1 is 1.10 bits per heavy atom. The molecule has 7 nitrogen and oxygen atoms in total. The first-order chi connectivity index (χ1) is 14.7. The van der Waals surface area contributed by atoms with Gasteiger partial charge in [0.05, 0.1) is 29.6 Å². The Labute approximate surface area is 174 Å². The van der Waals surface area contributed by atoms with Gasteiger partial charge in [0.1, 0.15) is 0 Å². The lowest BCUT2D eigenvalue weighted by atomic mass is 10.0. The van der Waals surface area contributed by atoms with Crippen LogP contribution in [0.1, 0.15) is 38.6 Å². The number of carbonyl (C=O) groups excluding carboxylic acids is 1. The molecule has 1 aliphatic carbocycles. The van der Waals surface area contributed by atoms with Crippen LogP contribution in [0.4, 0.5) is 0 Å². The molecule has 2 heterocycles. The number of rotatable bonds is 5. The van der Waals surface area contributed by atoms with Gasteiger partial charge in [0.2, 0.25) is 5.91 Å². The standard InChI is InChI=1S/C23H24N6O/c1-2-23(30)26-19-9-10-20(12-19)29-22(14-25-28-29)16-5-3-15(4-6-16)17-7-8-18-13-24-27-21(18)11-17/h3-8,11,13-14,19-20H,2,9-10,12H2,1H3,(H,24,27)(H,26,30)/t19-,20+/m0/s1. The molecule has 0 aliphatic heterocycles. The summed E-state index contributed by atoms with van der Waals surface area (Å²) in [4.78, 5) is 11.7. The van der Waals surface area contributed by atoms with Gasteiger partial charge in [0.15, 0.2) is 0 Å². The second kappa shape index (κ2) is 7.74. The van der Waals surface area contributed by atoms with E-state index in [1.807, 2.05) is 24.0 Å². The molecule has 5 rings (SSSR count). The maximum Gasteiger partial charge on any atom is 0.219 e. The van der Waals surface area contributed by atoms with Crippen molar-refractivity contribution in [3.63, 3.8) is 0 Å². The summed E-state index contributed by atoms with van der Waals surface area (Å²) in [6.07, 6.45) is 7.04. The molecular weight excluding hydrogens is 376 g/mol. The van der Waals surface area contributed by atoms with Crippen LogP contribution < -0.4 is 5.32 Å². The van der Waals surface area contributed by atoms with E-state index in [4.69, 9.17) is 0 Å². The van der Waals surface area contributed by atoms with Crippen molar-refractivity contribution in [3.8, 4) is 22.4 Å². The average Bonchev–Trinajstić information content (AvgIpc) is 3.53. The number of aromatic nitrogens is 5. The van der Waals surface area contributed by atoms with Crippen LogP contribution in [-0.4, -0.2) is 37.1 Å². The minimum atomic E-state index is 0.114. The van der Waals surface area contributed by atoms with Crippen molar-refractivity contribution >= 4 is 16.8 Å². The molecule has 2 N–H and O–H groups in total. The number of nitrogens with one attached hydrogen (secondary N) is 2. The molecule has 1 amide bonds. The summed E-state index contributed by atoms with van der Waals surface area (Å²) < 4.78 is 2.02. The highest BCUT2D eigenvalue weighted by atomic mass is 16.1. The largest absolute Gasteiger partial charge is 0.353 e. The SMILES string of the molecule is CCC(=O)N[C@H]1CC[C@@H](n2nncc2-c2ccc(-c3ccc4cn[nH]c4c3)cc2)C1. The first-order valence-electron chi connectivity index (χ1n) is 10.4. The van der Waals surface area contributed by atoms with Crippen LogP contribution in [0.5, 0.6) is 0 Å². The second-order valence-corrected chi connectivity index (χ2v) is 7.90. The minimum absolute atomic E-state index is 0.114. The Bertz CT molecular complexity index is 1180. The van der Waals surface area contributed by atoms with Crippen molar-refractivity contribution in [2.24, 2.45) is 0 Å². The molecule has 0 saturated heterocycles. The molecule has 152 valence electrons. The van der Waals surface area contributed by atoms with E-state index in [-0.39, 0.29) is 18.0 Å². The van der Waals surface area contributed by atoms with Gasteiger partial charge in [-0.15, -0.1) is 5.10 Å². The molecule has 0 spiro atoms. The number of H-pyrrole nitrogens is 1. The third-order valence-corrected chi connectivity index (χ3v) is 5.97. The molecule has 7 heteroatoms. The van der Waals surface area contributed by atoms with Gasteiger partial charge in [-0.3, -0.25) is 9.89 Å². The predicted molar refractivity (Wildman–Crippen MR) is 116 cm³/mol. The lowest BCUT2D eigenvalue weighted by Gasteiger charge is -2.15. The summed E-state index contributed by atoms with van der Waals surface area (Å²) in [5.41, 5.74) is 5.43. The van der Waals surface area contributed by atoms with E-state index in [1.165, 1.54) is 0 Å². The van der Waals surface area contributed by atoms with Crippen molar-refractivity contribution in [2.75, 3.05) is 0 Å². The van der Waals surface area contributed by atoms with E-state index in [9.17, 15) is 4.79 Å². The molecule has 30 heavy (non-hydrogen) atoms. The fourth-order valence-electron chi connectivity index (χ4n) is 4.31. The van der Waals surface area contributed by atoms with E-state index in [1.54, 1.807) is 0 Å². The zero-order valence-electron chi connectivity index (χ0n) is 16.9. The van der Waals surface area contributed by atoms with Crippen LogP contribution in [0.3, 0.4) is 0 Å². The number of hydrogen-bond acceptors (Lipinski definition) is 4. The van der Waals surface area contributed by atoms with Gasteiger partial charge in [-0.2, -0.15) is 5.10 Å². The van der Waals surface area contributed by atoms with Gasteiger partial charge in [-0.05, 0) is 36.5 Å². The first kappa shape index (κ1) is 18.5. The zero-order valence-corrected chi connectivity index (χ0v) is 16.9. The summed E-state index contributed by atoms with van der Waals surface area (Å²) in [7, 11) is 0. The smallest absolute Gasteiger partial charge is 0.219 e. The van der Waals surface area contributed by atoms with Gasteiger partial charge in [-0.25, -0.2) is 4.68 Å². The zero-order chi connectivity index (χ0) is 20.5. The summed E-state index contributed by atoms with van der Waals surface area (Å²) in [5.74, 6) is 0.114. The third kappa shape index (κ3) is 3.47. The predicted octanol–water partition coefficient (Wildman–Crippen LogP) is 4.11. The monoisotopic (exact) mass is 400 g/mol. The average molecular weight is 400 g/mol. The highest BCUT2D eigenvalue weighted by Gasteiger charge is 2.29. The van der Waals surface area contributed by atoms with Crippen LogP contribution in [0.2, 0.25) is 0 Å². The van der Waals surface area contributed by atoms with E-state index in [0.29, 0.717) is 6.42 Å². The molecule has 0 radical (unpaired) electrons. The molecule has 0 bridgehead atoms. The maximum absolute atomic E-state index is 11.7. The quantitative estimate of drug-likeness (QED) is 0.528. The number of amides is 1. The van der Waals surface area contributed by atoms with Crippen LogP contribution in [0.25, 0.3) is 33.3 Å². The summed E-state index contributed by atoms with van der Waals surface area (Å²) >= 11 is 0. The van der Waals surface area contributed by atoms with Gasteiger partial charge < -0.3 is 5.32 Å². The van der Waals surface area contributed by atoms with Crippen molar-refractivity contribution in [1.82, 2.24) is 30.5 Å². The Kier molecular flexibility index (Phi) is 4.78. The highest BCUT2D eigenvalue weighted by Crippen LogP contribution is 2.34. The van der Waals surface area contributed by atoms with E-state index < -0.39 is 0 Å². The Morgan fingerprint density at radius 2 is 1.90 bits per heavy atom. The Morgan fingerprint density at radius 3 is 2.73 bits per heavy atom. The van der Waals surface area contributed by atoms with Crippen LogP contribution >= 0.6 is 0 Å². The lowest BCUT2D eigenvalue weighted by molar-refractivity contribution is -0.121. The maximum atomic E-state index is 11.7. The number of carbonyl (C=O) groups is 1. The molecule has 1 aliphatic rings. The molecule has 0 unspecified atom stereocenters. The lowest BCUT2D eigenvalue weighted by Crippen LogP contribution is -2.32. The number of fused-ring (bicyclic) bond motifs is 1. The Hall–Kier alpha value is -3.48. The van der Waals surface area contributed by atoms with Crippen LogP contribution in [0.15, 0.2) is 54.9 Å². The van der Waals surface area contributed by atoms with Gasteiger partial charge in [0, 0.05) is 23.4 Å². The summed E-state index contributed by atoms with van der Waals surface area (Å²) in [6, 6.07) is 15.3. The molecule has 1 saturated carbocycles. The number of nitrogens with zero attached hydrogens (tertiary/aromatic N) is 4. The molecule has 2 aromatic carbocycles. The molecule has 4 aromatic rings. The molecular formula is C23H24N6O. The van der Waals surface area contributed by atoms with Gasteiger partial charge in [0.25, 0.3) is 0 Å². The molecule has 2 aromatic heterocycles. The second-order valence-electron chi connectivity index (χ2n) is 7.90. The van der Waals surface area contributed by atoms with Crippen molar-refractivity contribution in [2.45, 2.75) is 44.7 Å². The summed E-state index contributed by atoms with van der Waals surface area (Å²) in [6.45, 7) is 1.88. The van der Waals surface area contributed by atoms with Gasteiger partial charge in [-0.1, -0.05) is 48.5 Å². The topological polar surface area (TPSA) is 88.5 Å². The number of hydrogen-bond donors (Lipinski definition) is 2. The van der Waals surface area contributed by atoms with E-state index >= 15 is 0 Å². The van der Waals surface area contributed by atoms with Gasteiger partial charge >= 0.3 is 0 Å². The molecule has 2 atom stereocenters. The molecule has 1 fully saturated rings.